The fourth-order valence-electron chi connectivity index (χ4n) is 5.51. The number of carbonyl (C=O) groups is 2. The van der Waals surface area contributed by atoms with E-state index >= 15 is 0 Å². The number of carbonyl (C=O) groups excluding carboxylic acids is 2. The molecule has 2 unspecified atom stereocenters. The van der Waals surface area contributed by atoms with E-state index in [9.17, 15) is 9.59 Å². The van der Waals surface area contributed by atoms with Crippen LogP contribution in [0.15, 0.2) is 0 Å². The Morgan fingerprint density at radius 2 is 1.79 bits per heavy atom. The quantitative estimate of drug-likeness (QED) is 0.545. The highest BCUT2D eigenvalue weighted by molar-refractivity contribution is 9.10. The highest BCUT2D eigenvalue weighted by Gasteiger charge is 2.57. The van der Waals surface area contributed by atoms with Crippen molar-refractivity contribution in [1.82, 2.24) is 5.32 Å². The number of hydrogen-bond acceptors (Lipinski definition) is 3. The van der Waals surface area contributed by atoms with E-state index in [0.717, 1.165) is 31.1 Å². The van der Waals surface area contributed by atoms with Crippen LogP contribution in [0, 0.1) is 23.2 Å². The first-order chi connectivity index (χ1) is 11.2. The molecule has 4 aliphatic carbocycles. The van der Waals surface area contributed by atoms with Gasteiger partial charge in [0.05, 0.1) is 6.42 Å². The summed E-state index contributed by atoms with van der Waals surface area (Å²) >= 11 is 3.97. The molecule has 1 N–H and O–H groups in total. The molecule has 4 fully saturated rings. The van der Waals surface area contributed by atoms with Gasteiger partial charge >= 0.3 is 5.97 Å². The van der Waals surface area contributed by atoms with Crippen LogP contribution in [0.2, 0.25) is 0 Å². The summed E-state index contributed by atoms with van der Waals surface area (Å²) in [7, 11) is 0. The molecule has 0 saturated heterocycles. The molecule has 0 radical (unpaired) electrons. The molecule has 0 spiro atoms. The first-order valence-corrected chi connectivity index (χ1v) is 10.1. The van der Waals surface area contributed by atoms with Crippen molar-refractivity contribution in [3.05, 3.63) is 0 Å². The molecule has 0 aromatic heterocycles. The predicted octanol–water partition coefficient (Wildman–Crippen LogP) is 3.81. The number of rotatable bonds is 6. The van der Waals surface area contributed by atoms with Gasteiger partial charge in [-0.05, 0) is 68.6 Å². The largest absolute Gasteiger partial charge is 0.456 e. The third-order valence-electron chi connectivity index (χ3n) is 6.38. The van der Waals surface area contributed by atoms with Gasteiger partial charge in [-0.3, -0.25) is 9.59 Å². The summed E-state index contributed by atoms with van der Waals surface area (Å²) in [5.74, 6) is 1.47. The van der Waals surface area contributed by atoms with Gasteiger partial charge in [0.2, 0.25) is 0 Å². The lowest BCUT2D eigenvalue weighted by Gasteiger charge is -2.60. The monoisotopic (exact) mass is 399 g/mol. The minimum atomic E-state index is -0.208. The van der Waals surface area contributed by atoms with Crippen LogP contribution in [0.1, 0.15) is 65.7 Å². The van der Waals surface area contributed by atoms with Crippen LogP contribution in [0.4, 0.5) is 0 Å². The summed E-state index contributed by atoms with van der Waals surface area (Å²) in [5, 5.41) is 2.88. The highest BCUT2D eigenvalue weighted by Crippen LogP contribution is 2.65. The molecule has 0 aromatic carbocycles. The zero-order valence-corrected chi connectivity index (χ0v) is 16.7. The molecule has 24 heavy (non-hydrogen) atoms. The van der Waals surface area contributed by atoms with Gasteiger partial charge in [0, 0.05) is 10.4 Å². The fourth-order valence-corrected chi connectivity index (χ4v) is 7.02. The van der Waals surface area contributed by atoms with Gasteiger partial charge in [0.1, 0.15) is 0 Å². The Hall–Kier alpha value is -0.580. The lowest BCUT2D eigenvalue weighted by Crippen LogP contribution is -2.53. The molecule has 4 saturated carbocycles. The van der Waals surface area contributed by atoms with Crippen LogP contribution in [-0.4, -0.2) is 28.8 Å². The molecule has 4 rings (SSSR count). The molecule has 0 heterocycles. The second-order valence-electron chi connectivity index (χ2n) is 9.05. The summed E-state index contributed by atoms with van der Waals surface area (Å²) in [6.07, 6.45) is 7.72. The zero-order valence-electron chi connectivity index (χ0n) is 15.1. The summed E-state index contributed by atoms with van der Waals surface area (Å²) in [5.41, 5.74) is 0.104. The summed E-state index contributed by atoms with van der Waals surface area (Å²) in [6, 6.07) is 0.0904. The number of amides is 1. The first-order valence-electron chi connectivity index (χ1n) is 9.33. The summed E-state index contributed by atoms with van der Waals surface area (Å²) < 4.78 is 5.54. The van der Waals surface area contributed by atoms with E-state index in [1.807, 2.05) is 6.92 Å². The zero-order chi connectivity index (χ0) is 17.5. The van der Waals surface area contributed by atoms with Crippen LogP contribution >= 0.6 is 15.9 Å². The van der Waals surface area contributed by atoms with Gasteiger partial charge in [0.25, 0.3) is 5.91 Å². The lowest BCUT2D eigenvalue weighted by atomic mass is 9.49. The van der Waals surface area contributed by atoms with Gasteiger partial charge in [-0.15, -0.1) is 0 Å². The second-order valence-corrected chi connectivity index (χ2v) is 10.7. The SMILES string of the molecule is CC(C)[C@H](C)NC(=O)COC(=O)CC12C[C@@H]3C[C@@H](CC(Br)(C3)C1)C2. The summed E-state index contributed by atoms with van der Waals surface area (Å²) in [4.78, 5) is 24.2. The first kappa shape index (κ1) is 18.2. The van der Waals surface area contributed by atoms with E-state index in [1.165, 1.54) is 19.3 Å². The molecule has 4 aliphatic rings. The van der Waals surface area contributed by atoms with Gasteiger partial charge in [-0.2, -0.15) is 0 Å². The summed E-state index contributed by atoms with van der Waals surface area (Å²) in [6.45, 7) is 5.92. The van der Waals surface area contributed by atoms with Crippen molar-refractivity contribution in [2.45, 2.75) is 76.1 Å². The van der Waals surface area contributed by atoms with Crippen molar-refractivity contribution in [3.63, 3.8) is 0 Å². The number of halogens is 1. The fraction of sp³-hybridized carbons (Fsp3) is 0.895. The third-order valence-corrected chi connectivity index (χ3v) is 7.31. The third kappa shape index (κ3) is 3.97. The maximum atomic E-state index is 12.3. The van der Waals surface area contributed by atoms with Gasteiger partial charge in [-0.1, -0.05) is 29.8 Å². The van der Waals surface area contributed by atoms with Gasteiger partial charge in [-0.25, -0.2) is 0 Å². The number of esters is 1. The molecule has 0 aromatic rings. The molecule has 0 aliphatic heterocycles. The molecule has 5 heteroatoms. The molecule has 4 bridgehead atoms. The standard InChI is InChI=1S/C19H30BrNO3/c1-12(2)13(3)21-16(22)10-24-17(23)9-18-5-14-4-15(6-18)8-19(20,7-14)11-18/h12-15H,4-11H2,1-3H3,(H,21,22)/t13-,14-,15+,18?,19?/m0/s1. The van der Waals surface area contributed by atoms with Crippen molar-refractivity contribution >= 4 is 27.8 Å². The van der Waals surface area contributed by atoms with Crippen LogP contribution in [0.5, 0.6) is 0 Å². The van der Waals surface area contributed by atoms with Crippen molar-refractivity contribution in [1.29, 1.82) is 0 Å². The topological polar surface area (TPSA) is 55.4 Å². The molecule has 5 atom stereocenters. The van der Waals surface area contributed by atoms with Crippen molar-refractivity contribution in [2.24, 2.45) is 23.2 Å². The molecular weight excluding hydrogens is 370 g/mol. The van der Waals surface area contributed by atoms with E-state index in [1.54, 1.807) is 0 Å². The predicted molar refractivity (Wildman–Crippen MR) is 96.8 cm³/mol. The van der Waals surface area contributed by atoms with E-state index in [-0.39, 0.29) is 34.3 Å². The van der Waals surface area contributed by atoms with Crippen molar-refractivity contribution < 1.29 is 14.3 Å². The lowest BCUT2D eigenvalue weighted by molar-refractivity contribution is -0.154. The Morgan fingerprint density at radius 3 is 2.33 bits per heavy atom. The minimum absolute atomic E-state index is 0.0904. The maximum Gasteiger partial charge on any atom is 0.306 e. The average Bonchev–Trinajstić information content (AvgIpc) is 2.41. The Bertz CT molecular complexity index is 505. The van der Waals surface area contributed by atoms with Crippen LogP contribution in [0.25, 0.3) is 0 Å². The Morgan fingerprint density at radius 1 is 1.17 bits per heavy atom. The number of nitrogens with one attached hydrogen (secondary N) is 1. The number of ether oxygens (including phenoxy) is 1. The van der Waals surface area contributed by atoms with E-state index < -0.39 is 0 Å². The van der Waals surface area contributed by atoms with Crippen LogP contribution in [-0.2, 0) is 14.3 Å². The van der Waals surface area contributed by atoms with Crippen LogP contribution in [0.3, 0.4) is 0 Å². The second kappa shape index (κ2) is 6.62. The van der Waals surface area contributed by atoms with Crippen molar-refractivity contribution in [2.75, 3.05) is 6.61 Å². The van der Waals surface area contributed by atoms with Crippen LogP contribution < -0.4 is 5.32 Å². The van der Waals surface area contributed by atoms with E-state index in [2.05, 4.69) is 35.1 Å². The molecule has 1 amide bonds. The van der Waals surface area contributed by atoms with Gasteiger partial charge < -0.3 is 10.1 Å². The Balaban J connectivity index is 1.50. The number of alkyl halides is 1. The normalized spacial score (nSPS) is 38.2. The van der Waals surface area contributed by atoms with Crippen molar-refractivity contribution in [3.8, 4) is 0 Å². The van der Waals surface area contributed by atoms with E-state index in [0.29, 0.717) is 12.3 Å². The Kier molecular flexibility index (Phi) is 5.03. The number of hydrogen-bond donors (Lipinski definition) is 1. The molecule has 4 nitrogen and oxygen atoms in total. The average molecular weight is 400 g/mol. The highest BCUT2D eigenvalue weighted by atomic mass is 79.9. The Labute approximate surface area is 153 Å². The maximum absolute atomic E-state index is 12.3. The van der Waals surface area contributed by atoms with Gasteiger partial charge in [0.15, 0.2) is 6.61 Å². The van der Waals surface area contributed by atoms with E-state index in [4.69, 9.17) is 4.74 Å². The smallest absolute Gasteiger partial charge is 0.306 e. The molecule has 136 valence electrons. The molecular formula is C19H30BrNO3. The minimum Gasteiger partial charge on any atom is -0.456 e.